The minimum absolute atomic E-state index is 0.0806. The number of carbonyl (C=O) groups excluding carboxylic acids is 1. The number of urea groups is 1. The SMILES string of the molecule is CN(C)C(=O)N1CCC(C2=NOCC(CN3CCCCC3)O2)CC1. The number of hydrogen-bond acceptors (Lipinski definition) is 5. The molecule has 0 saturated carbocycles. The fourth-order valence-electron chi connectivity index (χ4n) is 3.70. The Bertz CT molecular complexity index is 455. The number of amides is 2. The normalized spacial score (nSPS) is 26.3. The number of hydrogen-bond donors (Lipinski definition) is 0. The lowest BCUT2D eigenvalue weighted by Gasteiger charge is -2.36. The molecule has 0 radical (unpaired) electrons. The van der Waals surface area contributed by atoms with Crippen LogP contribution in [0.5, 0.6) is 0 Å². The van der Waals surface area contributed by atoms with Gasteiger partial charge in [-0.15, -0.1) is 0 Å². The molecule has 2 fully saturated rings. The Morgan fingerprint density at radius 1 is 1.17 bits per heavy atom. The first-order chi connectivity index (χ1) is 11.6. The summed E-state index contributed by atoms with van der Waals surface area (Å²) >= 11 is 0. The first-order valence-corrected chi connectivity index (χ1v) is 9.18. The standard InChI is InChI=1S/C17H30N4O3/c1-19(2)17(22)21-10-6-14(7-11-21)16-18-23-13-15(24-16)12-20-8-4-3-5-9-20/h14-15H,3-13H2,1-2H3. The third-order valence-electron chi connectivity index (χ3n) is 5.11. The second-order valence-electron chi connectivity index (χ2n) is 7.26. The van der Waals surface area contributed by atoms with E-state index in [1.165, 1.54) is 19.3 Å². The summed E-state index contributed by atoms with van der Waals surface area (Å²) in [7, 11) is 3.59. The zero-order valence-corrected chi connectivity index (χ0v) is 14.9. The van der Waals surface area contributed by atoms with Crippen LogP contribution in [0.1, 0.15) is 32.1 Å². The highest BCUT2D eigenvalue weighted by atomic mass is 16.7. The van der Waals surface area contributed by atoms with E-state index in [0.29, 0.717) is 6.61 Å². The first kappa shape index (κ1) is 17.3. The maximum atomic E-state index is 12.0. The molecule has 7 nitrogen and oxygen atoms in total. The maximum absolute atomic E-state index is 12.0. The summed E-state index contributed by atoms with van der Waals surface area (Å²) in [5, 5.41) is 4.16. The molecule has 2 saturated heterocycles. The predicted octanol–water partition coefficient (Wildman–Crippen LogP) is 1.59. The smallest absolute Gasteiger partial charge is 0.319 e. The molecule has 3 aliphatic rings. The van der Waals surface area contributed by atoms with Gasteiger partial charge in [0.1, 0.15) is 6.10 Å². The highest BCUT2D eigenvalue weighted by Crippen LogP contribution is 2.23. The summed E-state index contributed by atoms with van der Waals surface area (Å²) < 4.78 is 6.14. The molecule has 0 bridgehead atoms. The molecule has 3 aliphatic heterocycles. The lowest BCUT2D eigenvalue weighted by atomic mass is 9.96. The molecule has 0 aromatic heterocycles. The number of ether oxygens (including phenoxy) is 1. The van der Waals surface area contributed by atoms with Gasteiger partial charge in [0.25, 0.3) is 0 Å². The van der Waals surface area contributed by atoms with Crippen molar-refractivity contribution in [1.29, 1.82) is 0 Å². The van der Waals surface area contributed by atoms with E-state index in [-0.39, 0.29) is 18.1 Å². The summed E-state index contributed by atoms with van der Waals surface area (Å²) in [5.41, 5.74) is 0. The lowest BCUT2D eigenvalue weighted by molar-refractivity contribution is -0.0173. The van der Waals surface area contributed by atoms with Gasteiger partial charge in [-0.05, 0) is 38.8 Å². The van der Waals surface area contributed by atoms with Crippen molar-refractivity contribution in [3.05, 3.63) is 0 Å². The van der Waals surface area contributed by atoms with Crippen molar-refractivity contribution < 1.29 is 14.4 Å². The van der Waals surface area contributed by atoms with E-state index in [2.05, 4.69) is 10.1 Å². The fourth-order valence-corrected chi connectivity index (χ4v) is 3.70. The van der Waals surface area contributed by atoms with Crippen LogP contribution in [0.4, 0.5) is 4.79 Å². The maximum Gasteiger partial charge on any atom is 0.319 e. The van der Waals surface area contributed by atoms with Gasteiger partial charge < -0.3 is 19.4 Å². The van der Waals surface area contributed by atoms with Crippen LogP contribution in [-0.2, 0) is 9.57 Å². The molecular formula is C17H30N4O3. The van der Waals surface area contributed by atoms with E-state index in [1.807, 2.05) is 4.90 Å². The molecule has 3 rings (SSSR count). The molecule has 24 heavy (non-hydrogen) atoms. The molecule has 7 heteroatoms. The monoisotopic (exact) mass is 338 g/mol. The average Bonchev–Trinajstić information content (AvgIpc) is 2.62. The van der Waals surface area contributed by atoms with Gasteiger partial charge in [0.2, 0.25) is 5.90 Å². The summed E-state index contributed by atoms with van der Waals surface area (Å²) in [6.45, 7) is 5.30. The van der Waals surface area contributed by atoms with Crippen molar-refractivity contribution in [1.82, 2.24) is 14.7 Å². The molecule has 0 spiro atoms. The number of nitrogens with zero attached hydrogens (tertiary/aromatic N) is 4. The van der Waals surface area contributed by atoms with Crippen LogP contribution < -0.4 is 0 Å². The van der Waals surface area contributed by atoms with E-state index in [9.17, 15) is 4.79 Å². The Balaban J connectivity index is 1.47. The van der Waals surface area contributed by atoms with Crippen molar-refractivity contribution >= 4 is 11.9 Å². The van der Waals surface area contributed by atoms with Crippen LogP contribution in [0, 0.1) is 5.92 Å². The zero-order chi connectivity index (χ0) is 16.9. The molecule has 3 heterocycles. The molecule has 1 atom stereocenters. The van der Waals surface area contributed by atoms with Crippen molar-refractivity contribution in [3.63, 3.8) is 0 Å². The molecular weight excluding hydrogens is 308 g/mol. The minimum atomic E-state index is 0.0806. The van der Waals surface area contributed by atoms with E-state index < -0.39 is 0 Å². The van der Waals surface area contributed by atoms with Crippen molar-refractivity contribution in [3.8, 4) is 0 Å². The van der Waals surface area contributed by atoms with Crippen LogP contribution in [0.25, 0.3) is 0 Å². The highest BCUT2D eigenvalue weighted by molar-refractivity contribution is 5.79. The molecule has 2 amide bonds. The van der Waals surface area contributed by atoms with Gasteiger partial charge in [0.15, 0.2) is 6.61 Å². The second kappa shape index (κ2) is 8.05. The molecule has 0 N–H and O–H groups in total. The third-order valence-corrected chi connectivity index (χ3v) is 5.11. The molecule has 136 valence electrons. The van der Waals surface area contributed by atoms with E-state index >= 15 is 0 Å². The Morgan fingerprint density at radius 2 is 1.88 bits per heavy atom. The largest absolute Gasteiger partial charge is 0.470 e. The van der Waals surface area contributed by atoms with Crippen LogP contribution in [0.3, 0.4) is 0 Å². The number of piperidine rings is 2. The molecule has 1 unspecified atom stereocenters. The summed E-state index contributed by atoms with van der Waals surface area (Å²) in [6, 6.07) is 0.0826. The quantitative estimate of drug-likeness (QED) is 0.784. The summed E-state index contributed by atoms with van der Waals surface area (Å²) in [5.74, 6) is 1.00. The third kappa shape index (κ3) is 4.32. The van der Waals surface area contributed by atoms with Gasteiger partial charge in [-0.1, -0.05) is 11.6 Å². The van der Waals surface area contributed by atoms with Crippen LogP contribution in [-0.4, -0.2) is 86.2 Å². The summed E-state index contributed by atoms with van der Waals surface area (Å²) in [4.78, 5) is 23.5. The number of carbonyl (C=O) groups is 1. The highest BCUT2D eigenvalue weighted by Gasteiger charge is 2.32. The Kier molecular flexibility index (Phi) is 5.81. The van der Waals surface area contributed by atoms with Gasteiger partial charge in [-0.3, -0.25) is 4.90 Å². The average molecular weight is 338 g/mol. The first-order valence-electron chi connectivity index (χ1n) is 9.18. The summed E-state index contributed by atoms with van der Waals surface area (Å²) in [6.07, 6.45) is 5.77. The van der Waals surface area contributed by atoms with Crippen LogP contribution >= 0.6 is 0 Å². The second-order valence-corrected chi connectivity index (χ2v) is 7.26. The Morgan fingerprint density at radius 3 is 2.54 bits per heavy atom. The molecule has 0 aromatic rings. The topological polar surface area (TPSA) is 57.6 Å². The van der Waals surface area contributed by atoms with Gasteiger partial charge >= 0.3 is 6.03 Å². The van der Waals surface area contributed by atoms with Gasteiger partial charge in [0.05, 0.1) is 0 Å². The zero-order valence-electron chi connectivity index (χ0n) is 14.9. The number of rotatable bonds is 3. The van der Waals surface area contributed by atoms with Crippen LogP contribution in [0.2, 0.25) is 0 Å². The Labute approximate surface area is 144 Å². The molecule has 0 aromatic carbocycles. The Hall–Kier alpha value is -1.50. The number of oxime groups is 1. The van der Waals surface area contributed by atoms with Crippen molar-refractivity contribution in [2.45, 2.75) is 38.2 Å². The minimum Gasteiger partial charge on any atom is -0.470 e. The van der Waals surface area contributed by atoms with Gasteiger partial charge in [-0.2, -0.15) is 0 Å². The lowest BCUT2D eigenvalue weighted by Crippen LogP contribution is -2.47. The van der Waals surface area contributed by atoms with Gasteiger partial charge in [-0.25, -0.2) is 4.79 Å². The molecule has 0 aliphatic carbocycles. The van der Waals surface area contributed by atoms with Crippen LogP contribution in [0.15, 0.2) is 5.16 Å². The number of likely N-dealkylation sites (tertiary alicyclic amines) is 2. The predicted molar refractivity (Wildman–Crippen MR) is 91.9 cm³/mol. The van der Waals surface area contributed by atoms with Crippen molar-refractivity contribution in [2.75, 3.05) is 53.4 Å². The van der Waals surface area contributed by atoms with E-state index in [4.69, 9.17) is 9.57 Å². The van der Waals surface area contributed by atoms with E-state index in [0.717, 1.165) is 51.5 Å². The van der Waals surface area contributed by atoms with E-state index in [1.54, 1.807) is 19.0 Å². The fraction of sp³-hybridized carbons (Fsp3) is 0.882. The van der Waals surface area contributed by atoms with Gasteiger partial charge in [0, 0.05) is 39.6 Å². The van der Waals surface area contributed by atoms with Crippen molar-refractivity contribution in [2.24, 2.45) is 11.1 Å².